The molecule has 29 heavy (non-hydrogen) atoms. The zero-order valence-electron chi connectivity index (χ0n) is 16.2. The second-order valence-corrected chi connectivity index (χ2v) is 9.43. The molecule has 1 aliphatic rings. The van der Waals surface area contributed by atoms with Crippen LogP contribution in [0, 0.1) is 6.92 Å². The monoisotopic (exact) mass is 428 g/mol. The molecule has 1 fully saturated rings. The third kappa shape index (κ3) is 3.07. The zero-order chi connectivity index (χ0) is 20.1. The van der Waals surface area contributed by atoms with Gasteiger partial charge < -0.3 is 4.90 Å². The Labute approximate surface area is 174 Å². The van der Waals surface area contributed by atoms with E-state index in [2.05, 4.69) is 15.1 Å². The lowest BCUT2D eigenvalue weighted by Crippen LogP contribution is -2.48. The molecule has 0 bridgehead atoms. The molecule has 1 saturated heterocycles. The summed E-state index contributed by atoms with van der Waals surface area (Å²) in [6.45, 7) is 5.60. The van der Waals surface area contributed by atoms with Crippen LogP contribution in [0.3, 0.4) is 0 Å². The van der Waals surface area contributed by atoms with Gasteiger partial charge >= 0.3 is 0 Å². The Morgan fingerprint density at radius 2 is 1.93 bits per heavy atom. The summed E-state index contributed by atoms with van der Waals surface area (Å²) in [5, 5.41) is 10.5. The summed E-state index contributed by atoms with van der Waals surface area (Å²) in [7, 11) is 1.73. The van der Waals surface area contributed by atoms with E-state index in [0.717, 1.165) is 34.2 Å². The first-order valence-corrected chi connectivity index (χ1v) is 11.1. The van der Waals surface area contributed by atoms with Crippen molar-refractivity contribution in [3.05, 3.63) is 49.5 Å². The minimum Gasteiger partial charge on any atom is -0.335 e. The van der Waals surface area contributed by atoms with Gasteiger partial charge in [-0.15, -0.1) is 32.9 Å². The van der Waals surface area contributed by atoms with Gasteiger partial charge in [0.2, 0.25) is 5.78 Å². The van der Waals surface area contributed by atoms with Crippen LogP contribution < -0.4 is 5.56 Å². The summed E-state index contributed by atoms with van der Waals surface area (Å²) in [4.78, 5) is 31.3. The van der Waals surface area contributed by atoms with Crippen molar-refractivity contribution in [3.8, 4) is 0 Å². The van der Waals surface area contributed by atoms with E-state index < -0.39 is 0 Å². The van der Waals surface area contributed by atoms with Gasteiger partial charge in [-0.1, -0.05) is 0 Å². The van der Waals surface area contributed by atoms with Gasteiger partial charge in [-0.3, -0.25) is 23.5 Å². The zero-order valence-corrected chi connectivity index (χ0v) is 17.8. The number of piperazine rings is 1. The molecule has 0 saturated carbocycles. The van der Waals surface area contributed by atoms with Crippen molar-refractivity contribution < 1.29 is 4.79 Å². The SMILES string of the molecule is Cc1ccc(C(=O)N2CCN(Cc3nnc4n(C)c(=O)c5sccc5n34)CC2)s1. The van der Waals surface area contributed by atoms with E-state index in [9.17, 15) is 9.59 Å². The van der Waals surface area contributed by atoms with Crippen molar-refractivity contribution >= 4 is 44.6 Å². The molecule has 0 atom stereocenters. The second kappa shape index (κ2) is 7.05. The Bertz CT molecular complexity index is 1280. The molecule has 1 amide bonds. The Kier molecular flexibility index (Phi) is 4.49. The first-order valence-electron chi connectivity index (χ1n) is 9.41. The van der Waals surface area contributed by atoms with E-state index in [1.54, 1.807) is 23.0 Å². The normalized spacial score (nSPS) is 15.6. The number of hydrogen-bond acceptors (Lipinski definition) is 7. The third-order valence-corrected chi connectivity index (χ3v) is 7.25. The average Bonchev–Trinajstić information content (AvgIpc) is 3.45. The lowest BCUT2D eigenvalue weighted by Gasteiger charge is -2.34. The molecule has 1 aliphatic heterocycles. The Balaban J connectivity index is 1.35. The fraction of sp³-hybridized carbons (Fsp3) is 0.368. The quantitative estimate of drug-likeness (QED) is 0.499. The highest BCUT2D eigenvalue weighted by atomic mass is 32.1. The predicted molar refractivity (Wildman–Crippen MR) is 114 cm³/mol. The number of nitrogens with zero attached hydrogens (tertiary/aromatic N) is 6. The van der Waals surface area contributed by atoms with Gasteiger partial charge in [0.15, 0.2) is 5.82 Å². The van der Waals surface area contributed by atoms with Gasteiger partial charge in [0.1, 0.15) is 4.70 Å². The molecular weight excluding hydrogens is 408 g/mol. The van der Waals surface area contributed by atoms with Crippen LogP contribution in [0.15, 0.2) is 28.4 Å². The highest BCUT2D eigenvalue weighted by Gasteiger charge is 2.25. The van der Waals surface area contributed by atoms with Gasteiger partial charge in [0.25, 0.3) is 11.5 Å². The Morgan fingerprint density at radius 1 is 1.14 bits per heavy atom. The highest BCUT2D eigenvalue weighted by Crippen LogP contribution is 2.21. The topological polar surface area (TPSA) is 75.7 Å². The van der Waals surface area contributed by atoms with Crippen molar-refractivity contribution in [3.63, 3.8) is 0 Å². The molecule has 5 rings (SSSR count). The summed E-state index contributed by atoms with van der Waals surface area (Å²) in [6.07, 6.45) is 0. The summed E-state index contributed by atoms with van der Waals surface area (Å²) in [5.41, 5.74) is 0.812. The van der Waals surface area contributed by atoms with E-state index in [1.165, 1.54) is 11.3 Å². The molecule has 0 aliphatic carbocycles. The maximum atomic E-state index is 12.7. The second-order valence-electron chi connectivity index (χ2n) is 7.23. The Hall–Kier alpha value is -2.56. The molecule has 0 N–H and O–H groups in total. The van der Waals surface area contributed by atoms with E-state index in [-0.39, 0.29) is 11.5 Å². The number of aryl methyl sites for hydroxylation is 2. The number of carbonyl (C=O) groups is 1. The van der Waals surface area contributed by atoms with E-state index in [4.69, 9.17) is 0 Å². The molecule has 0 aromatic carbocycles. The van der Waals surface area contributed by atoms with Crippen molar-refractivity contribution in [2.45, 2.75) is 13.5 Å². The first kappa shape index (κ1) is 18.5. The number of rotatable bonds is 3. The summed E-state index contributed by atoms with van der Waals surface area (Å²) in [5.74, 6) is 1.48. The molecule has 0 spiro atoms. The van der Waals surface area contributed by atoms with E-state index in [1.807, 2.05) is 39.8 Å². The van der Waals surface area contributed by atoms with Crippen molar-refractivity contribution in [2.75, 3.05) is 26.2 Å². The van der Waals surface area contributed by atoms with E-state index >= 15 is 0 Å². The third-order valence-electron chi connectivity index (χ3n) is 5.37. The van der Waals surface area contributed by atoms with Crippen LogP contribution in [0.25, 0.3) is 16.0 Å². The van der Waals surface area contributed by atoms with Crippen LogP contribution in [-0.4, -0.2) is 61.1 Å². The molecule has 4 aromatic heterocycles. The molecular formula is C19H20N6O2S2. The number of thiophene rings is 2. The van der Waals surface area contributed by atoms with Crippen LogP contribution in [-0.2, 0) is 13.6 Å². The number of aromatic nitrogens is 4. The van der Waals surface area contributed by atoms with Gasteiger partial charge in [0.05, 0.1) is 16.9 Å². The van der Waals surface area contributed by atoms with Gasteiger partial charge in [-0.25, -0.2) is 0 Å². The van der Waals surface area contributed by atoms with Crippen LogP contribution in [0.1, 0.15) is 20.4 Å². The van der Waals surface area contributed by atoms with Crippen LogP contribution in [0.4, 0.5) is 0 Å². The van der Waals surface area contributed by atoms with Crippen molar-refractivity contribution in [1.29, 1.82) is 0 Å². The van der Waals surface area contributed by atoms with Crippen molar-refractivity contribution in [2.24, 2.45) is 7.05 Å². The molecule has 8 nitrogen and oxygen atoms in total. The Morgan fingerprint density at radius 3 is 2.66 bits per heavy atom. The van der Waals surface area contributed by atoms with E-state index in [0.29, 0.717) is 30.1 Å². The van der Waals surface area contributed by atoms with Crippen LogP contribution in [0.2, 0.25) is 0 Å². The molecule has 150 valence electrons. The predicted octanol–water partition coefficient (Wildman–Crippen LogP) is 1.97. The standard InChI is InChI=1S/C19H20N6O2S2/c1-12-3-4-14(29-12)17(26)24-8-6-23(7-9-24)11-15-20-21-19-22(2)18(27)16-13(25(15)19)5-10-28-16/h3-5,10H,6-9,11H2,1-2H3. The fourth-order valence-corrected chi connectivity index (χ4v) is 5.46. The van der Waals surface area contributed by atoms with Gasteiger partial charge in [0, 0.05) is 38.1 Å². The summed E-state index contributed by atoms with van der Waals surface area (Å²) in [6, 6.07) is 5.84. The molecule has 10 heteroatoms. The lowest BCUT2D eigenvalue weighted by molar-refractivity contribution is 0.0630. The number of hydrogen-bond donors (Lipinski definition) is 0. The smallest absolute Gasteiger partial charge is 0.272 e. The number of carbonyl (C=O) groups excluding carboxylic acids is 1. The fourth-order valence-electron chi connectivity index (χ4n) is 3.77. The number of amides is 1. The average molecular weight is 429 g/mol. The van der Waals surface area contributed by atoms with Crippen LogP contribution >= 0.6 is 22.7 Å². The van der Waals surface area contributed by atoms with Gasteiger partial charge in [-0.2, -0.15) is 0 Å². The maximum Gasteiger partial charge on any atom is 0.272 e. The number of fused-ring (bicyclic) bond motifs is 3. The lowest BCUT2D eigenvalue weighted by atomic mass is 10.3. The van der Waals surface area contributed by atoms with Gasteiger partial charge in [-0.05, 0) is 30.5 Å². The molecule has 4 aromatic rings. The largest absolute Gasteiger partial charge is 0.335 e. The van der Waals surface area contributed by atoms with Crippen molar-refractivity contribution in [1.82, 2.24) is 29.0 Å². The minimum absolute atomic E-state index is 0.0441. The first-order chi connectivity index (χ1) is 14.0. The highest BCUT2D eigenvalue weighted by molar-refractivity contribution is 7.17. The molecule has 0 radical (unpaired) electrons. The minimum atomic E-state index is -0.0441. The summed E-state index contributed by atoms with van der Waals surface area (Å²) < 4.78 is 4.23. The summed E-state index contributed by atoms with van der Waals surface area (Å²) >= 11 is 2.98. The maximum absolute atomic E-state index is 12.7. The molecule has 5 heterocycles. The molecule has 0 unspecified atom stereocenters. The van der Waals surface area contributed by atoms with Crippen LogP contribution in [0.5, 0.6) is 0 Å².